The van der Waals surface area contributed by atoms with E-state index in [0.29, 0.717) is 16.9 Å². The van der Waals surface area contributed by atoms with Gasteiger partial charge in [0.15, 0.2) is 5.16 Å². The maximum absolute atomic E-state index is 13.8. The summed E-state index contributed by atoms with van der Waals surface area (Å²) in [6.07, 6.45) is 3.19. The number of fused-ring (bicyclic) bond motifs is 5. The summed E-state index contributed by atoms with van der Waals surface area (Å²) in [4.78, 5) is 27.6. The average Bonchev–Trinajstić information content (AvgIpc) is 3.35. The number of thiophene rings is 1. The minimum absolute atomic E-state index is 0.0631. The van der Waals surface area contributed by atoms with Crippen LogP contribution in [0.1, 0.15) is 36.1 Å². The number of aryl methyl sites for hydroxylation is 1. The van der Waals surface area contributed by atoms with Gasteiger partial charge in [0.25, 0.3) is 5.56 Å². The Balaban J connectivity index is 1.86. The Morgan fingerprint density at radius 3 is 2.87 bits per heavy atom. The third kappa shape index (κ3) is 2.95. The summed E-state index contributed by atoms with van der Waals surface area (Å²) in [5, 5.41) is 9.99. The zero-order valence-electron chi connectivity index (χ0n) is 16.6. The van der Waals surface area contributed by atoms with Gasteiger partial charge in [-0.2, -0.15) is 0 Å². The number of hydrogen-bond acceptors (Lipinski definition) is 7. The first-order valence-electron chi connectivity index (χ1n) is 9.80. The molecule has 154 valence electrons. The molecule has 0 unspecified atom stereocenters. The van der Waals surface area contributed by atoms with E-state index in [2.05, 4.69) is 17.1 Å². The lowest BCUT2D eigenvalue weighted by atomic mass is 9.88. The van der Waals surface area contributed by atoms with E-state index in [0.717, 1.165) is 40.7 Å². The summed E-state index contributed by atoms with van der Waals surface area (Å²) in [5.74, 6) is 0.588. The van der Waals surface area contributed by atoms with E-state index in [9.17, 15) is 9.59 Å². The minimum atomic E-state index is -0.330. The molecule has 7 nitrogen and oxygen atoms in total. The molecule has 0 fully saturated rings. The van der Waals surface area contributed by atoms with Gasteiger partial charge in [0.05, 0.1) is 23.9 Å². The number of aromatic nitrogens is 4. The van der Waals surface area contributed by atoms with E-state index in [1.807, 2.05) is 34.7 Å². The molecule has 5 rings (SSSR count). The van der Waals surface area contributed by atoms with Crippen molar-refractivity contribution in [3.05, 3.63) is 51.1 Å². The van der Waals surface area contributed by atoms with E-state index in [-0.39, 0.29) is 17.3 Å². The number of hydrogen-bond donors (Lipinski definition) is 0. The van der Waals surface area contributed by atoms with Crippen molar-refractivity contribution < 1.29 is 9.53 Å². The van der Waals surface area contributed by atoms with Gasteiger partial charge in [0.1, 0.15) is 4.83 Å². The van der Waals surface area contributed by atoms with Crippen molar-refractivity contribution in [3.63, 3.8) is 0 Å². The fourth-order valence-electron chi connectivity index (χ4n) is 4.13. The van der Waals surface area contributed by atoms with Crippen molar-refractivity contribution in [3.8, 4) is 5.69 Å². The van der Waals surface area contributed by atoms with Gasteiger partial charge in [0, 0.05) is 4.88 Å². The van der Waals surface area contributed by atoms with Crippen molar-refractivity contribution in [2.45, 2.75) is 37.3 Å². The Morgan fingerprint density at radius 2 is 2.10 bits per heavy atom. The number of carbonyl (C=O) groups excluding carboxylic acids is 1. The molecule has 0 saturated heterocycles. The highest BCUT2D eigenvalue weighted by Gasteiger charge is 2.28. The second-order valence-electron chi connectivity index (χ2n) is 7.37. The Hall–Kier alpha value is -2.65. The molecule has 4 aromatic rings. The van der Waals surface area contributed by atoms with E-state index in [1.54, 1.807) is 15.9 Å². The molecule has 0 saturated carbocycles. The third-order valence-electron chi connectivity index (χ3n) is 5.53. The number of para-hydroxylation sites is 1. The van der Waals surface area contributed by atoms with Crippen LogP contribution in [0.2, 0.25) is 0 Å². The van der Waals surface area contributed by atoms with Crippen molar-refractivity contribution in [1.29, 1.82) is 0 Å². The fourth-order valence-corrected chi connectivity index (χ4v) is 6.41. The number of carbonyl (C=O) groups is 1. The fraction of sp³-hybridized carbons (Fsp3) is 0.333. The lowest BCUT2D eigenvalue weighted by Gasteiger charge is -2.18. The average molecular weight is 441 g/mol. The molecule has 0 N–H and O–H groups in total. The number of nitrogens with zero attached hydrogens (tertiary/aromatic N) is 4. The second kappa shape index (κ2) is 7.55. The van der Waals surface area contributed by atoms with Crippen molar-refractivity contribution in [2.24, 2.45) is 0 Å². The molecule has 3 heterocycles. The largest absolute Gasteiger partial charge is 0.468 e. The summed E-state index contributed by atoms with van der Waals surface area (Å²) in [5.41, 5.74) is 1.84. The first kappa shape index (κ1) is 19.3. The van der Waals surface area contributed by atoms with Crippen molar-refractivity contribution >= 4 is 45.1 Å². The maximum atomic E-state index is 13.8. The van der Waals surface area contributed by atoms with Crippen LogP contribution in [0.15, 0.2) is 40.3 Å². The van der Waals surface area contributed by atoms with Crippen LogP contribution in [0.4, 0.5) is 0 Å². The first-order valence-corrected chi connectivity index (χ1v) is 11.6. The van der Waals surface area contributed by atoms with Gasteiger partial charge in [0.2, 0.25) is 5.78 Å². The van der Waals surface area contributed by atoms with E-state index in [4.69, 9.17) is 4.74 Å². The van der Waals surface area contributed by atoms with Gasteiger partial charge < -0.3 is 4.74 Å². The van der Waals surface area contributed by atoms with Crippen LogP contribution in [-0.2, 0) is 16.0 Å². The lowest BCUT2D eigenvalue weighted by Crippen LogP contribution is -2.22. The topological polar surface area (TPSA) is 78.5 Å². The summed E-state index contributed by atoms with van der Waals surface area (Å²) >= 11 is 2.92. The van der Waals surface area contributed by atoms with Gasteiger partial charge in [-0.1, -0.05) is 36.9 Å². The molecule has 0 amide bonds. The first-order chi connectivity index (χ1) is 14.6. The minimum Gasteiger partial charge on any atom is -0.468 e. The van der Waals surface area contributed by atoms with Crippen molar-refractivity contribution in [2.75, 3.05) is 12.9 Å². The molecule has 0 spiro atoms. The smallest absolute Gasteiger partial charge is 0.316 e. The number of thioether (sulfide) groups is 1. The van der Waals surface area contributed by atoms with E-state index in [1.165, 1.54) is 23.7 Å². The Labute approximate surface area is 180 Å². The Morgan fingerprint density at radius 1 is 1.30 bits per heavy atom. The molecule has 9 heteroatoms. The summed E-state index contributed by atoms with van der Waals surface area (Å²) in [7, 11) is 1.37. The van der Waals surface area contributed by atoms with E-state index < -0.39 is 0 Å². The van der Waals surface area contributed by atoms with Gasteiger partial charge in [-0.15, -0.1) is 21.5 Å². The van der Waals surface area contributed by atoms with Crippen LogP contribution < -0.4 is 5.56 Å². The van der Waals surface area contributed by atoms with Crippen molar-refractivity contribution in [1.82, 2.24) is 19.2 Å². The number of benzene rings is 1. The van der Waals surface area contributed by atoms with Crippen LogP contribution >= 0.6 is 23.1 Å². The Kier molecular flexibility index (Phi) is 4.86. The van der Waals surface area contributed by atoms with Gasteiger partial charge in [-0.25, -0.2) is 8.97 Å². The summed E-state index contributed by atoms with van der Waals surface area (Å²) in [6, 6.07) is 9.51. The van der Waals surface area contributed by atoms with Gasteiger partial charge in [-0.3, -0.25) is 9.59 Å². The van der Waals surface area contributed by atoms with Crippen LogP contribution in [0.25, 0.3) is 21.7 Å². The second-order valence-corrected chi connectivity index (χ2v) is 9.40. The number of ether oxygens (including phenoxy) is 1. The molecule has 3 aromatic heterocycles. The molecular formula is C21H20N4O3S2. The molecule has 0 bridgehead atoms. The molecule has 0 aliphatic heterocycles. The maximum Gasteiger partial charge on any atom is 0.316 e. The number of esters is 1. The van der Waals surface area contributed by atoms with E-state index >= 15 is 0 Å². The monoisotopic (exact) mass is 440 g/mol. The quantitative estimate of drug-likeness (QED) is 0.355. The summed E-state index contributed by atoms with van der Waals surface area (Å²) < 4.78 is 8.33. The number of rotatable bonds is 4. The van der Waals surface area contributed by atoms with Crippen LogP contribution in [0.5, 0.6) is 0 Å². The molecule has 1 aliphatic carbocycles. The number of methoxy groups -OCH3 is 1. The van der Waals surface area contributed by atoms with Crippen LogP contribution in [0, 0.1) is 0 Å². The molecule has 1 aliphatic rings. The van der Waals surface area contributed by atoms with Crippen LogP contribution in [0.3, 0.4) is 0 Å². The van der Waals surface area contributed by atoms with Gasteiger partial charge in [-0.05, 0) is 42.9 Å². The molecular weight excluding hydrogens is 420 g/mol. The molecule has 30 heavy (non-hydrogen) atoms. The SMILES string of the molecule is COC(=O)CSc1nnc2n(-c3ccccc3)c(=O)c3c4c(sc3n12)CCC[C@H]4C. The molecule has 1 aromatic carbocycles. The standard InChI is InChI=1S/C21H20N4O3S2/c1-12-7-6-10-14-16(12)17-18(27)24(13-8-4-3-5-9-13)20-22-23-21(25(20)19(17)30-14)29-11-15(26)28-2/h3-5,8-9,12H,6-7,10-11H2,1-2H3/t12-/m1/s1. The zero-order chi connectivity index (χ0) is 20.8. The highest BCUT2D eigenvalue weighted by atomic mass is 32.2. The zero-order valence-corrected chi connectivity index (χ0v) is 18.3. The summed E-state index contributed by atoms with van der Waals surface area (Å²) in [6.45, 7) is 2.19. The molecule has 0 radical (unpaired) electrons. The predicted octanol–water partition coefficient (Wildman–Crippen LogP) is 3.80. The predicted molar refractivity (Wildman–Crippen MR) is 118 cm³/mol. The normalized spacial score (nSPS) is 16.1. The highest BCUT2D eigenvalue weighted by molar-refractivity contribution is 7.99. The lowest BCUT2D eigenvalue weighted by molar-refractivity contribution is -0.137. The highest BCUT2D eigenvalue weighted by Crippen LogP contribution is 2.41. The third-order valence-corrected chi connectivity index (χ3v) is 7.69. The molecule has 1 atom stereocenters. The Bertz CT molecular complexity index is 1320. The van der Waals surface area contributed by atoms with Crippen LogP contribution in [-0.4, -0.2) is 38.0 Å². The van der Waals surface area contributed by atoms with Gasteiger partial charge >= 0.3 is 5.97 Å².